The van der Waals surface area contributed by atoms with Gasteiger partial charge in [0.2, 0.25) is 0 Å². The van der Waals surface area contributed by atoms with E-state index in [2.05, 4.69) is 197 Å². The number of aromatic nitrogens is 5. The Hall–Kier alpha value is -8.41. The summed E-state index contributed by atoms with van der Waals surface area (Å²) >= 11 is 0. The van der Waals surface area contributed by atoms with Crippen LogP contribution in [0.1, 0.15) is 0 Å². The van der Waals surface area contributed by atoms with Crippen LogP contribution in [0.15, 0.2) is 224 Å². The molecule has 0 aliphatic rings. The predicted molar refractivity (Wildman–Crippen MR) is 256 cm³/mol. The van der Waals surface area contributed by atoms with Crippen molar-refractivity contribution in [3.63, 3.8) is 0 Å². The minimum absolute atomic E-state index is 0.596. The van der Waals surface area contributed by atoms with Crippen molar-refractivity contribution in [2.75, 3.05) is 0 Å². The van der Waals surface area contributed by atoms with Gasteiger partial charge >= 0.3 is 0 Å². The molecule has 0 aliphatic carbocycles. The zero-order valence-corrected chi connectivity index (χ0v) is 33.6. The van der Waals surface area contributed by atoms with Gasteiger partial charge in [-0.15, -0.1) is 0 Å². The first-order valence-corrected chi connectivity index (χ1v) is 21.0. The third-order valence-corrected chi connectivity index (χ3v) is 12.0. The second kappa shape index (κ2) is 14.7. The van der Waals surface area contributed by atoms with E-state index in [1.165, 1.54) is 27.1 Å². The molecule has 62 heavy (non-hydrogen) atoms. The molecule has 3 heterocycles. The van der Waals surface area contributed by atoms with Crippen LogP contribution >= 0.6 is 0 Å². The molecule has 5 heteroatoms. The molecule has 0 radical (unpaired) electrons. The van der Waals surface area contributed by atoms with Crippen LogP contribution in [-0.4, -0.2) is 24.1 Å². The first-order valence-electron chi connectivity index (χ1n) is 21.0. The second-order valence-corrected chi connectivity index (χ2v) is 15.6. The normalized spacial score (nSPS) is 11.5. The lowest BCUT2D eigenvalue weighted by Gasteiger charge is -2.17. The van der Waals surface area contributed by atoms with E-state index in [0.29, 0.717) is 17.5 Å². The number of nitrogens with zero attached hydrogens (tertiary/aromatic N) is 5. The lowest BCUT2D eigenvalue weighted by atomic mass is 9.96. The fourth-order valence-electron chi connectivity index (χ4n) is 9.16. The quantitative estimate of drug-likeness (QED) is 0.162. The molecule has 0 fully saturated rings. The van der Waals surface area contributed by atoms with Gasteiger partial charge in [-0.05, 0) is 70.8 Å². The monoisotopic (exact) mass is 791 g/mol. The molecule has 12 aromatic rings. The highest BCUT2D eigenvalue weighted by Gasteiger charge is 2.22. The number of hydrogen-bond donors (Lipinski definition) is 0. The van der Waals surface area contributed by atoms with Crippen molar-refractivity contribution in [3.05, 3.63) is 224 Å². The van der Waals surface area contributed by atoms with Gasteiger partial charge in [-0.2, -0.15) is 0 Å². The van der Waals surface area contributed by atoms with Gasteiger partial charge in [0.25, 0.3) is 0 Å². The highest BCUT2D eigenvalue weighted by Crippen LogP contribution is 2.43. The van der Waals surface area contributed by atoms with Crippen LogP contribution in [0.2, 0.25) is 0 Å². The topological polar surface area (TPSA) is 48.5 Å². The van der Waals surface area contributed by atoms with E-state index in [1.54, 1.807) is 0 Å². The van der Waals surface area contributed by atoms with E-state index < -0.39 is 0 Å². The zero-order valence-electron chi connectivity index (χ0n) is 33.6. The summed E-state index contributed by atoms with van der Waals surface area (Å²) in [5.41, 5.74) is 13.9. The Morgan fingerprint density at radius 2 is 0.790 bits per heavy atom. The molecule has 0 unspecified atom stereocenters. The van der Waals surface area contributed by atoms with Crippen LogP contribution < -0.4 is 0 Å². The maximum atomic E-state index is 5.35. The predicted octanol–water partition coefficient (Wildman–Crippen LogP) is 14.4. The Balaban J connectivity index is 1.18. The van der Waals surface area contributed by atoms with Crippen molar-refractivity contribution in [1.29, 1.82) is 0 Å². The molecule has 0 spiro atoms. The first-order chi connectivity index (χ1) is 30.8. The van der Waals surface area contributed by atoms with Crippen LogP contribution in [0, 0.1) is 0 Å². The third-order valence-electron chi connectivity index (χ3n) is 12.0. The number of fused-ring (bicyclic) bond motifs is 6. The van der Waals surface area contributed by atoms with Gasteiger partial charge in [0.1, 0.15) is 0 Å². The van der Waals surface area contributed by atoms with E-state index in [9.17, 15) is 0 Å². The Kier molecular flexibility index (Phi) is 8.42. The summed E-state index contributed by atoms with van der Waals surface area (Å²) in [6.45, 7) is 0. The van der Waals surface area contributed by atoms with E-state index in [4.69, 9.17) is 15.0 Å². The van der Waals surface area contributed by atoms with Gasteiger partial charge in [-0.3, -0.25) is 0 Å². The van der Waals surface area contributed by atoms with Crippen LogP contribution in [0.5, 0.6) is 0 Å². The average molecular weight is 792 g/mol. The molecule has 0 amide bonds. The summed E-state index contributed by atoms with van der Waals surface area (Å²) in [4.78, 5) is 15.8. The summed E-state index contributed by atoms with van der Waals surface area (Å²) in [5, 5.41) is 4.75. The Morgan fingerprint density at radius 1 is 0.274 bits per heavy atom. The Morgan fingerprint density at radius 3 is 1.47 bits per heavy atom. The summed E-state index contributed by atoms with van der Waals surface area (Å²) in [7, 11) is 0. The maximum absolute atomic E-state index is 5.35. The second-order valence-electron chi connectivity index (χ2n) is 15.6. The molecule has 5 nitrogen and oxygen atoms in total. The van der Waals surface area contributed by atoms with Gasteiger partial charge in [-0.1, -0.05) is 176 Å². The largest absolute Gasteiger partial charge is 0.309 e. The zero-order chi connectivity index (χ0) is 41.0. The highest BCUT2D eigenvalue weighted by molar-refractivity contribution is 6.16. The van der Waals surface area contributed by atoms with Crippen molar-refractivity contribution in [3.8, 4) is 67.8 Å². The fraction of sp³-hybridized carbons (Fsp3) is 0. The van der Waals surface area contributed by atoms with E-state index in [1.807, 2.05) is 36.4 Å². The summed E-state index contributed by atoms with van der Waals surface area (Å²) in [5.74, 6) is 1.83. The summed E-state index contributed by atoms with van der Waals surface area (Å²) in [6, 6.07) is 79.3. The van der Waals surface area contributed by atoms with Gasteiger partial charge in [0.05, 0.1) is 27.8 Å². The summed E-state index contributed by atoms with van der Waals surface area (Å²) < 4.78 is 4.77. The molecular formula is C57H37N5. The number of para-hydroxylation sites is 3. The number of benzene rings is 9. The van der Waals surface area contributed by atoms with E-state index >= 15 is 0 Å². The molecule has 12 rings (SSSR count). The maximum Gasteiger partial charge on any atom is 0.166 e. The van der Waals surface area contributed by atoms with Crippen molar-refractivity contribution >= 4 is 43.6 Å². The third kappa shape index (κ3) is 5.90. The van der Waals surface area contributed by atoms with E-state index in [0.717, 1.165) is 66.8 Å². The molecule has 290 valence electrons. The van der Waals surface area contributed by atoms with Gasteiger partial charge in [-0.25, -0.2) is 15.0 Å². The SMILES string of the molecule is c1ccc(-c2ccc3c4ccccc4n(-c4ccc(-c5cccc6c5c5ccccc5n6-c5ccccc5)cc4-c4nc(-c5ccccc5)nc(-c5ccccc5)n4)c3c2)cc1. The minimum atomic E-state index is 0.596. The molecule has 0 atom stereocenters. The van der Waals surface area contributed by atoms with Crippen molar-refractivity contribution < 1.29 is 0 Å². The fourth-order valence-corrected chi connectivity index (χ4v) is 9.16. The van der Waals surface area contributed by atoms with Crippen molar-refractivity contribution in [2.24, 2.45) is 0 Å². The molecule has 0 saturated heterocycles. The van der Waals surface area contributed by atoms with Crippen molar-refractivity contribution in [2.45, 2.75) is 0 Å². The average Bonchev–Trinajstić information content (AvgIpc) is 3.87. The molecule has 9 aromatic carbocycles. The molecule has 3 aromatic heterocycles. The number of hydrogen-bond acceptors (Lipinski definition) is 3. The van der Waals surface area contributed by atoms with Gasteiger partial charge in [0, 0.05) is 43.9 Å². The summed E-state index contributed by atoms with van der Waals surface area (Å²) in [6.07, 6.45) is 0. The van der Waals surface area contributed by atoms with Crippen LogP contribution in [-0.2, 0) is 0 Å². The molecule has 0 aliphatic heterocycles. The van der Waals surface area contributed by atoms with Gasteiger partial charge in [0.15, 0.2) is 17.5 Å². The van der Waals surface area contributed by atoms with E-state index in [-0.39, 0.29) is 0 Å². The lowest BCUT2D eigenvalue weighted by Crippen LogP contribution is -2.04. The Bertz CT molecular complexity index is 3550. The van der Waals surface area contributed by atoms with Crippen LogP contribution in [0.25, 0.3) is 111 Å². The number of rotatable bonds is 7. The standard InChI is InChI=1S/C57H37N5/c1-5-18-38(19-6-1)41-32-34-46-45-26-13-15-29-49(45)62(53(46)37-41)51-35-33-42(44-28-17-31-52-54(44)47-27-14-16-30-50(47)61(52)43-24-11-4-12-25-43)36-48(51)57-59-55(39-20-7-2-8-21-39)58-56(60-57)40-22-9-3-10-23-40/h1-37H. The smallest absolute Gasteiger partial charge is 0.166 e. The molecular weight excluding hydrogens is 755 g/mol. The van der Waals surface area contributed by atoms with Crippen molar-refractivity contribution in [1.82, 2.24) is 24.1 Å². The first kappa shape index (κ1) is 35.5. The molecule has 0 N–H and O–H groups in total. The van der Waals surface area contributed by atoms with Crippen LogP contribution in [0.3, 0.4) is 0 Å². The van der Waals surface area contributed by atoms with Gasteiger partial charge < -0.3 is 9.13 Å². The molecule has 0 bridgehead atoms. The Labute approximate surface area is 358 Å². The minimum Gasteiger partial charge on any atom is -0.309 e. The van der Waals surface area contributed by atoms with Crippen LogP contribution in [0.4, 0.5) is 0 Å². The highest BCUT2D eigenvalue weighted by atomic mass is 15.1. The molecule has 0 saturated carbocycles. The lowest BCUT2D eigenvalue weighted by molar-refractivity contribution is 1.06.